The highest BCUT2D eigenvalue weighted by atomic mass is 15.2. The molecular weight excluding hydrogens is 1000 g/mol. The molecule has 0 fully saturated rings. The van der Waals surface area contributed by atoms with E-state index in [1.807, 2.05) is 0 Å². The van der Waals surface area contributed by atoms with E-state index in [-0.39, 0.29) is 10.8 Å². The van der Waals surface area contributed by atoms with E-state index in [0.717, 1.165) is 33.8 Å². The summed E-state index contributed by atoms with van der Waals surface area (Å²) in [5.41, 5.74) is 29.1. The third-order valence-corrected chi connectivity index (χ3v) is 18.0. The molecule has 2 aliphatic rings. The number of hydrogen-bond acceptors (Lipinski definition) is 1. The van der Waals surface area contributed by atoms with E-state index in [1.54, 1.807) is 0 Å². The third-order valence-electron chi connectivity index (χ3n) is 18.0. The molecule has 15 rings (SSSR count). The zero-order valence-corrected chi connectivity index (χ0v) is 48.0. The zero-order valence-electron chi connectivity index (χ0n) is 48.0. The first-order valence-electron chi connectivity index (χ1n) is 29.3. The fourth-order valence-electron chi connectivity index (χ4n) is 14.0. The molecule has 0 bridgehead atoms. The van der Waals surface area contributed by atoms with Gasteiger partial charge >= 0.3 is 0 Å². The van der Waals surface area contributed by atoms with E-state index in [9.17, 15) is 0 Å². The molecule has 12 aromatic carbocycles. The molecule has 13 aromatic rings. The third kappa shape index (κ3) is 7.91. The van der Waals surface area contributed by atoms with E-state index in [2.05, 4.69) is 330 Å². The van der Waals surface area contributed by atoms with Crippen molar-refractivity contribution < 1.29 is 0 Å². The van der Waals surface area contributed by atoms with Crippen molar-refractivity contribution in [1.82, 2.24) is 4.57 Å². The Morgan fingerprint density at radius 3 is 1.41 bits per heavy atom. The van der Waals surface area contributed by atoms with Crippen LogP contribution in [-0.2, 0) is 16.2 Å². The summed E-state index contributed by atoms with van der Waals surface area (Å²) in [7, 11) is 0. The van der Waals surface area contributed by atoms with E-state index in [4.69, 9.17) is 0 Å². The minimum atomic E-state index is -0.495. The molecule has 2 nitrogen and oxygen atoms in total. The second kappa shape index (κ2) is 19.2. The van der Waals surface area contributed by atoms with Crippen LogP contribution in [0.2, 0.25) is 0 Å². The Hall–Kier alpha value is -9.76. The highest BCUT2D eigenvalue weighted by Gasteiger charge is 2.52. The van der Waals surface area contributed by atoms with Crippen LogP contribution in [0.15, 0.2) is 279 Å². The smallest absolute Gasteiger partial charge is 0.0725 e. The summed E-state index contributed by atoms with van der Waals surface area (Å²) in [6.07, 6.45) is 0. The van der Waals surface area contributed by atoms with Crippen LogP contribution in [0.5, 0.6) is 0 Å². The Balaban J connectivity index is 0.938. The standard InChI is InChI=1S/C81H64N2/c1-79(2,3)56-43-48-66-67-49-44-57(80(4,5)6)52-73(67)81(72(66)51-56)70-35-20-17-32-64(70)65-47-42-55(50-71(65)81)53-40-45-59(46-41-53)83(77-39-23-38-76-78(77)69-34-19-22-37-75(69)82(76)58-26-11-8-12-27-58)74-36-21-18-33-68(74)63-31-16-15-30-62(63)61-29-14-13-28-60(61)54-24-9-7-10-25-54/h7-52H,1-6H3. The first-order valence-corrected chi connectivity index (χ1v) is 29.3. The fraction of sp³-hybridized carbons (Fsp3) is 0.111. The van der Waals surface area contributed by atoms with Crippen LogP contribution in [0.1, 0.15) is 74.9 Å². The maximum atomic E-state index is 2.55. The number of fused-ring (bicyclic) bond motifs is 13. The zero-order chi connectivity index (χ0) is 56.2. The van der Waals surface area contributed by atoms with Crippen molar-refractivity contribution in [1.29, 1.82) is 0 Å². The maximum Gasteiger partial charge on any atom is 0.0725 e. The van der Waals surface area contributed by atoms with Crippen LogP contribution in [0, 0.1) is 0 Å². The number of anilines is 3. The number of hydrogen-bond donors (Lipinski definition) is 0. The number of aromatic nitrogens is 1. The van der Waals surface area contributed by atoms with Gasteiger partial charge in [0, 0.05) is 27.7 Å². The van der Waals surface area contributed by atoms with Gasteiger partial charge in [-0.25, -0.2) is 0 Å². The maximum absolute atomic E-state index is 2.55. The van der Waals surface area contributed by atoms with Gasteiger partial charge < -0.3 is 9.47 Å². The molecule has 1 spiro atoms. The molecule has 0 N–H and O–H groups in total. The van der Waals surface area contributed by atoms with E-state index in [1.165, 1.54) is 111 Å². The summed E-state index contributed by atoms with van der Waals surface area (Å²) >= 11 is 0. The molecule has 0 aliphatic heterocycles. The van der Waals surface area contributed by atoms with Gasteiger partial charge in [0.15, 0.2) is 0 Å². The van der Waals surface area contributed by atoms with Gasteiger partial charge in [0.1, 0.15) is 0 Å². The fourth-order valence-corrected chi connectivity index (χ4v) is 14.0. The van der Waals surface area contributed by atoms with Crippen LogP contribution in [0.3, 0.4) is 0 Å². The van der Waals surface area contributed by atoms with Crippen LogP contribution in [0.25, 0.3) is 94.3 Å². The largest absolute Gasteiger partial charge is 0.309 e. The Morgan fingerprint density at radius 2 is 0.759 bits per heavy atom. The quantitative estimate of drug-likeness (QED) is 0.147. The van der Waals surface area contributed by atoms with Crippen LogP contribution < -0.4 is 4.90 Å². The monoisotopic (exact) mass is 1060 g/mol. The predicted octanol–water partition coefficient (Wildman–Crippen LogP) is 21.9. The van der Waals surface area contributed by atoms with Crippen molar-refractivity contribution in [3.8, 4) is 72.4 Å². The molecule has 1 heterocycles. The van der Waals surface area contributed by atoms with Crippen LogP contribution in [0.4, 0.5) is 17.1 Å². The van der Waals surface area contributed by atoms with Gasteiger partial charge in [-0.1, -0.05) is 266 Å². The molecule has 0 radical (unpaired) electrons. The second-order valence-electron chi connectivity index (χ2n) is 24.8. The van der Waals surface area contributed by atoms with Crippen molar-refractivity contribution in [2.24, 2.45) is 0 Å². The normalized spacial score (nSPS) is 13.0. The number of benzene rings is 12. The SMILES string of the molecule is CC(C)(C)c1ccc2c(c1)C1(c3ccccc3-c3ccc(-c4ccc(N(c5ccccc5-c5ccccc5-c5ccccc5-c5ccccc5)c5cccc6c5c5ccccc5n6-c5ccccc5)cc4)cc31)c1cc(C(C)(C)C)ccc1-2. The molecular formula is C81H64N2. The molecule has 0 saturated heterocycles. The Morgan fingerprint density at radius 1 is 0.301 bits per heavy atom. The van der Waals surface area contributed by atoms with Gasteiger partial charge in [0.05, 0.1) is 27.8 Å². The molecule has 2 heteroatoms. The van der Waals surface area contributed by atoms with Crippen molar-refractivity contribution in [3.05, 3.63) is 312 Å². The van der Waals surface area contributed by atoms with Gasteiger partial charge in [-0.05, 0) is 160 Å². The lowest BCUT2D eigenvalue weighted by atomic mass is 9.68. The highest BCUT2D eigenvalue weighted by molar-refractivity contribution is 6.17. The lowest BCUT2D eigenvalue weighted by Gasteiger charge is -2.33. The topological polar surface area (TPSA) is 8.17 Å². The average molecular weight is 1070 g/mol. The van der Waals surface area contributed by atoms with Crippen molar-refractivity contribution in [2.45, 2.75) is 57.8 Å². The van der Waals surface area contributed by atoms with Gasteiger partial charge in [0.2, 0.25) is 0 Å². The Labute approximate surface area is 488 Å². The summed E-state index contributed by atoms with van der Waals surface area (Å²) in [6.45, 7) is 14.0. The summed E-state index contributed by atoms with van der Waals surface area (Å²) in [5, 5.41) is 2.39. The minimum Gasteiger partial charge on any atom is -0.309 e. The minimum absolute atomic E-state index is 0.0256. The Kier molecular flexibility index (Phi) is 11.6. The van der Waals surface area contributed by atoms with Gasteiger partial charge in [0.25, 0.3) is 0 Å². The first kappa shape index (κ1) is 50.2. The van der Waals surface area contributed by atoms with Crippen LogP contribution in [-0.4, -0.2) is 4.57 Å². The average Bonchev–Trinajstić information content (AvgIpc) is 1.77. The van der Waals surface area contributed by atoms with E-state index in [0.29, 0.717) is 0 Å². The summed E-state index contributed by atoms with van der Waals surface area (Å²) in [5.74, 6) is 0. The lowest BCUT2D eigenvalue weighted by molar-refractivity contribution is 0.586. The highest BCUT2D eigenvalue weighted by Crippen LogP contribution is 2.64. The number of rotatable bonds is 8. The molecule has 2 aliphatic carbocycles. The molecule has 0 atom stereocenters. The van der Waals surface area contributed by atoms with Crippen molar-refractivity contribution in [3.63, 3.8) is 0 Å². The van der Waals surface area contributed by atoms with Crippen molar-refractivity contribution in [2.75, 3.05) is 4.90 Å². The van der Waals surface area contributed by atoms with E-state index < -0.39 is 5.41 Å². The predicted molar refractivity (Wildman–Crippen MR) is 351 cm³/mol. The molecule has 0 saturated carbocycles. The van der Waals surface area contributed by atoms with E-state index >= 15 is 0 Å². The second-order valence-corrected chi connectivity index (χ2v) is 24.8. The van der Waals surface area contributed by atoms with Crippen LogP contribution >= 0.6 is 0 Å². The molecule has 0 amide bonds. The van der Waals surface area contributed by atoms with Gasteiger partial charge in [-0.15, -0.1) is 0 Å². The summed E-state index contributed by atoms with van der Waals surface area (Å²) in [4.78, 5) is 2.52. The first-order chi connectivity index (χ1) is 40.5. The summed E-state index contributed by atoms with van der Waals surface area (Å²) < 4.78 is 2.42. The van der Waals surface area contributed by atoms with Gasteiger partial charge in [-0.3, -0.25) is 0 Å². The van der Waals surface area contributed by atoms with Gasteiger partial charge in [-0.2, -0.15) is 0 Å². The number of para-hydroxylation sites is 3. The lowest BCUT2D eigenvalue weighted by Crippen LogP contribution is -2.27. The summed E-state index contributed by atoms with van der Waals surface area (Å²) in [6, 6.07) is 105. The number of nitrogens with zero attached hydrogens (tertiary/aromatic N) is 2. The molecule has 398 valence electrons. The Bertz CT molecular complexity index is 4610. The molecule has 0 unspecified atom stereocenters. The molecule has 1 aromatic heterocycles. The van der Waals surface area contributed by atoms with Crippen molar-refractivity contribution >= 4 is 38.9 Å². The molecule has 83 heavy (non-hydrogen) atoms.